The van der Waals surface area contributed by atoms with Gasteiger partial charge in [0.15, 0.2) is 5.76 Å². The van der Waals surface area contributed by atoms with Crippen molar-refractivity contribution in [3.05, 3.63) is 78.7 Å². The molecule has 4 aromatic rings. The smallest absolute Gasteiger partial charge is 0.257 e. The molecule has 0 spiro atoms. The molecule has 0 saturated carbocycles. The largest absolute Gasteiger partial charge is 0.463 e. The van der Waals surface area contributed by atoms with Crippen molar-refractivity contribution in [3.8, 4) is 11.5 Å². The van der Waals surface area contributed by atoms with Crippen LogP contribution in [0.25, 0.3) is 22.4 Å². The molecule has 0 unspecified atom stereocenters. The van der Waals surface area contributed by atoms with Gasteiger partial charge in [0.05, 0.1) is 17.3 Å². The lowest BCUT2D eigenvalue weighted by Gasteiger charge is -2.09. The molecule has 0 aliphatic carbocycles. The Bertz CT molecular complexity index is 996. The highest BCUT2D eigenvalue weighted by atomic mass is 16.3. The van der Waals surface area contributed by atoms with Crippen molar-refractivity contribution in [1.82, 2.24) is 9.97 Å². The van der Waals surface area contributed by atoms with Crippen molar-refractivity contribution in [2.24, 2.45) is 0 Å². The van der Waals surface area contributed by atoms with Gasteiger partial charge in [-0.2, -0.15) is 0 Å². The fourth-order valence-electron chi connectivity index (χ4n) is 2.53. The van der Waals surface area contributed by atoms with E-state index in [4.69, 9.17) is 4.42 Å². The number of carbonyl (C=O) groups excluding carboxylic acids is 1. The minimum Gasteiger partial charge on any atom is -0.463 e. The molecule has 0 atom stereocenters. The fourth-order valence-corrected chi connectivity index (χ4v) is 2.53. The van der Waals surface area contributed by atoms with E-state index in [0.717, 1.165) is 10.9 Å². The molecule has 0 aliphatic heterocycles. The second-order valence-corrected chi connectivity index (χ2v) is 5.22. The Hall–Kier alpha value is -3.47. The second kappa shape index (κ2) is 5.96. The Balaban J connectivity index is 1.82. The van der Waals surface area contributed by atoms with Crippen molar-refractivity contribution < 1.29 is 9.21 Å². The maximum absolute atomic E-state index is 12.7. The molecule has 0 aliphatic rings. The number of amides is 1. The number of pyridine rings is 2. The van der Waals surface area contributed by atoms with Crippen molar-refractivity contribution >= 4 is 22.6 Å². The van der Waals surface area contributed by atoms with Gasteiger partial charge in [0.1, 0.15) is 11.5 Å². The SMILES string of the molecule is O=C(Nc1ccccn1)c1cc(-c2ccco2)nc2ccccc12. The molecule has 1 amide bonds. The first-order chi connectivity index (χ1) is 11.8. The lowest BCUT2D eigenvalue weighted by atomic mass is 10.1. The second-order valence-electron chi connectivity index (χ2n) is 5.22. The van der Waals surface area contributed by atoms with Crippen LogP contribution >= 0.6 is 0 Å². The molecule has 0 fully saturated rings. The monoisotopic (exact) mass is 315 g/mol. The molecule has 0 saturated heterocycles. The Morgan fingerprint density at radius 1 is 1.00 bits per heavy atom. The molecule has 4 rings (SSSR count). The summed E-state index contributed by atoms with van der Waals surface area (Å²) in [5, 5.41) is 3.59. The van der Waals surface area contributed by atoms with Crippen molar-refractivity contribution in [2.75, 3.05) is 5.32 Å². The van der Waals surface area contributed by atoms with E-state index in [9.17, 15) is 4.79 Å². The van der Waals surface area contributed by atoms with Gasteiger partial charge < -0.3 is 9.73 Å². The number of anilines is 1. The van der Waals surface area contributed by atoms with Crippen LogP contribution in [0.3, 0.4) is 0 Å². The average molecular weight is 315 g/mol. The summed E-state index contributed by atoms with van der Waals surface area (Å²) in [5.41, 5.74) is 1.88. The van der Waals surface area contributed by atoms with Crippen LogP contribution in [0.1, 0.15) is 10.4 Å². The topological polar surface area (TPSA) is 68.0 Å². The van der Waals surface area contributed by atoms with Gasteiger partial charge in [0.2, 0.25) is 0 Å². The van der Waals surface area contributed by atoms with Crippen LogP contribution in [0.4, 0.5) is 5.82 Å². The number of hydrogen-bond acceptors (Lipinski definition) is 4. The number of nitrogens with zero attached hydrogens (tertiary/aromatic N) is 2. The highest BCUT2D eigenvalue weighted by Gasteiger charge is 2.15. The Morgan fingerprint density at radius 3 is 2.67 bits per heavy atom. The average Bonchev–Trinajstić information content (AvgIpc) is 3.16. The van der Waals surface area contributed by atoms with E-state index in [-0.39, 0.29) is 5.91 Å². The van der Waals surface area contributed by atoms with Gasteiger partial charge in [-0.05, 0) is 36.4 Å². The van der Waals surface area contributed by atoms with Crippen LogP contribution in [0.5, 0.6) is 0 Å². The van der Waals surface area contributed by atoms with Gasteiger partial charge in [0, 0.05) is 11.6 Å². The molecular weight excluding hydrogens is 302 g/mol. The molecule has 1 aromatic carbocycles. The molecule has 3 aromatic heterocycles. The van der Waals surface area contributed by atoms with Crippen LogP contribution in [0, 0.1) is 0 Å². The normalized spacial score (nSPS) is 10.7. The lowest BCUT2D eigenvalue weighted by molar-refractivity contribution is 0.102. The zero-order valence-electron chi connectivity index (χ0n) is 12.6. The number of nitrogens with one attached hydrogen (secondary N) is 1. The molecule has 24 heavy (non-hydrogen) atoms. The third-order valence-corrected chi connectivity index (χ3v) is 3.64. The van der Waals surface area contributed by atoms with E-state index in [1.165, 1.54) is 0 Å². The van der Waals surface area contributed by atoms with Gasteiger partial charge in [-0.25, -0.2) is 9.97 Å². The first-order valence-corrected chi connectivity index (χ1v) is 7.47. The van der Waals surface area contributed by atoms with Crippen LogP contribution in [-0.4, -0.2) is 15.9 Å². The van der Waals surface area contributed by atoms with Crippen molar-refractivity contribution in [2.45, 2.75) is 0 Å². The highest BCUT2D eigenvalue weighted by molar-refractivity contribution is 6.12. The maximum Gasteiger partial charge on any atom is 0.257 e. The molecule has 1 N–H and O–H groups in total. The minimum absolute atomic E-state index is 0.236. The Labute approximate surface area is 138 Å². The molecule has 3 heterocycles. The van der Waals surface area contributed by atoms with Crippen LogP contribution in [-0.2, 0) is 0 Å². The minimum atomic E-state index is -0.236. The van der Waals surface area contributed by atoms with Crippen molar-refractivity contribution in [3.63, 3.8) is 0 Å². The van der Waals surface area contributed by atoms with E-state index < -0.39 is 0 Å². The van der Waals surface area contributed by atoms with Gasteiger partial charge >= 0.3 is 0 Å². The maximum atomic E-state index is 12.7. The zero-order chi connectivity index (χ0) is 16.4. The van der Waals surface area contributed by atoms with E-state index >= 15 is 0 Å². The number of furan rings is 1. The number of rotatable bonds is 3. The third-order valence-electron chi connectivity index (χ3n) is 3.64. The van der Waals surface area contributed by atoms with Crippen molar-refractivity contribution in [1.29, 1.82) is 0 Å². The quantitative estimate of drug-likeness (QED) is 0.617. The number of hydrogen-bond donors (Lipinski definition) is 1. The van der Waals surface area contributed by atoms with Gasteiger partial charge in [-0.1, -0.05) is 24.3 Å². The van der Waals surface area contributed by atoms with E-state index in [1.807, 2.05) is 36.4 Å². The first kappa shape index (κ1) is 14.1. The summed E-state index contributed by atoms with van der Waals surface area (Å²) >= 11 is 0. The summed E-state index contributed by atoms with van der Waals surface area (Å²) in [6.45, 7) is 0. The highest BCUT2D eigenvalue weighted by Crippen LogP contribution is 2.25. The Morgan fingerprint density at radius 2 is 1.88 bits per heavy atom. The predicted octanol–water partition coefficient (Wildman–Crippen LogP) is 4.14. The van der Waals surface area contributed by atoms with Gasteiger partial charge in [0.25, 0.3) is 5.91 Å². The summed E-state index contributed by atoms with van der Waals surface area (Å²) in [7, 11) is 0. The molecule has 0 bridgehead atoms. The molecule has 116 valence electrons. The number of carbonyl (C=O) groups is 1. The van der Waals surface area contributed by atoms with Crippen LogP contribution < -0.4 is 5.32 Å². The Kier molecular flexibility index (Phi) is 3.51. The summed E-state index contributed by atoms with van der Waals surface area (Å²) in [6.07, 6.45) is 3.22. The summed E-state index contributed by atoms with van der Waals surface area (Å²) < 4.78 is 5.41. The lowest BCUT2D eigenvalue weighted by Crippen LogP contribution is -2.13. The summed E-state index contributed by atoms with van der Waals surface area (Å²) in [5.74, 6) is 0.885. The molecule has 5 heteroatoms. The predicted molar refractivity (Wildman–Crippen MR) is 91.6 cm³/mol. The zero-order valence-corrected chi connectivity index (χ0v) is 12.6. The van der Waals surface area contributed by atoms with E-state index in [0.29, 0.717) is 22.8 Å². The number of benzene rings is 1. The van der Waals surface area contributed by atoms with Crippen LogP contribution in [0.15, 0.2) is 77.5 Å². The summed E-state index contributed by atoms with van der Waals surface area (Å²) in [4.78, 5) is 21.4. The molecular formula is C19H13N3O2. The molecule has 0 radical (unpaired) electrons. The number of aromatic nitrogens is 2. The third kappa shape index (κ3) is 2.63. The van der Waals surface area contributed by atoms with E-state index in [2.05, 4.69) is 15.3 Å². The van der Waals surface area contributed by atoms with Crippen LogP contribution in [0.2, 0.25) is 0 Å². The molecule has 5 nitrogen and oxygen atoms in total. The number of para-hydroxylation sites is 1. The van der Waals surface area contributed by atoms with E-state index in [1.54, 1.807) is 36.7 Å². The van der Waals surface area contributed by atoms with Gasteiger partial charge in [-0.3, -0.25) is 4.79 Å². The first-order valence-electron chi connectivity index (χ1n) is 7.47. The number of fused-ring (bicyclic) bond motifs is 1. The summed E-state index contributed by atoms with van der Waals surface area (Å²) in [6, 6.07) is 18.2. The fraction of sp³-hybridized carbons (Fsp3) is 0. The van der Waals surface area contributed by atoms with Gasteiger partial charge in [-0.15, -0.1) is 0 Å². The standard InChI is InChI=1S/C19H13N3O2/c23-19(22-18-9-3-4-10-20-18)14-12-16(17-8-5-11-24-17)21-15-7-2-1-6-13(14)15/h1-12H,(H,20,22,23).